The zero-order chi connectivity index (χ0) is 23.3. The maximum absolute atomic E-state index is 14.5. The van der Waals surface area contributed by atoms with E-state index >= 15 is 0 Å². The number of ether oxygens (including phenoxy) is 3. The fourth-order valence-corrected chi connectivity index (χ4v) is 4.48. The first-order valence-corrected chi connectivity index (χ1v) is 11.5. The Hall–Kier alpha value is -3.59. The number of nitrogens with one attached hydrogen (secondary N) is 3. The summed E-state index contributed by atoms with van der Waals surface area (Å²) in [4.78, 5) is 12.7. The molecule has 2 atom stereocenters. The van der Waals surface area contributed by atoms with E-state index < -0.39 is 11.7 Å². The Balaban J connectivity index is 1.25. The minimum absolute atomic E-state index is 0.0682. The van der Waals surface area contributed by atoms with Gasteiger partial charge in [-0.1, -0.05) is 6.07 Å². The Labute approximate surface area is 196 Å². The van der Waals surface area contributed by atoms with Crippen LogP contribution in [0.2, 0.25) is 0 Å². The first-order valence-electron chi connectivity index (χ1n) is 11.5. The molecule has 0 saturated carbocycles. The van der Waals surface area contributed by atoms with Crippen LogP contribution in [0.15, 0.2) is 48.8 Å². The molecular formula is C25H27FN4O4. The van der Waals surface area contributed by atoms with E-state index in [2.05, 4.69) is 20.8 Å². The molecule has 2 aliphatic rings. The van der Waals surface area contributed by atoms with Crippen molar-refractivity contribution in [1.82, 2.24) is 20.8 Å². The second kappa shape index (κ2) is 10.1. The molecule has 9 heteroatoms. The van der Waals surface area contributed by atoms with E-state index in [1.807, 2.05) is 18.2 Å². The summed E-state index contributed by atoms with van der Waals surface area (Å²) in [5, 5.41) is 12.8. The average molecular weight is 467 g/mol. The van der Waals surface area contributed by atoms with E-state index in [1.54, 1.807) is 24.5 Å². The molecule has 0 radical (unpaired) electrons. The Kier molecular flexibility index (Phi) is 6.62. The van der Waals surface area contributed by atoms with Gasteiger partial charge in [0, 0.05) is 31.3 Å². The van der Waals surface area contributed by atoms with Crippen LogP contribution in [0.4, 0.5) is 4.39 Å². The topological polar surface area (TPSA) is 97.5 Å². The number of hydrogen-bond acceptors (Lipinski definition) is 6. The molecule has 5 rings (SSSR count). The Morgan fingerprint density at radius 3 is 3.00 bits per heavy atom. The standard InChI is InChI=1S/C25H27FN4O4/c26-22-3-1-17(9-21(22)25(31)28-8-5-16-11-29-30-12-16)20-6-7-27-13-18(20)14-32-19-2-4-23-24(10-19)34-15-33-23/h1-4,9-12,18,20,27H,5-8,13-15H2,(H,28,31)(H,29,30)/t18-,20-/m0/s1. The van der Waals surface area contributed by atoms with Crippen molar-refractivity contribution in [2.75, 3.05) is 33.0 Å². The molecule has 34 heavy (non-hydrogen) atoms. The van der Waals surface area contributed by atoms with Crippen LogP contribution in [0.5, 0.6) is 17.2 Å². The molecule has 3 aromatic rings. The molecule has 0 bridgehead atoms. The van der Waals surface area contributed by atoms with E-state index in [0.29, 0.717) is 36.8 Å². The van der Waals surface area contributed by atoms with Crippen LogP contribution in [0.1, 0.15) is 33.8 Å². The van der Waals surface area contributed by atoms with E-state index in [9.17, 15) is 9.18 Å². The first kappa shape index (κ1) is 22.2. The minimum Gasteiger partial charge on any atom is -0.493 e. The molecule has 0 unspecified atom stereocenters. The number of amides is 1. The molecule has 1 fully saturated rings. The lowest BCUT2D eigenvalue weighted by molar-refractivity contribution is 0.0950. The van der Waals surface area contributed by atoms with Crippen molar-refractivity contribution < 1.29 is 23.4 Å². The summed E-state index contributed by atoms with van der Waals surface area (Å²) in [6, 6.07) is 10.4. The molecule has 8 nitrogen and oxygen atoms in total. The van der Waals surface area contributed by atoms with Gasteiger partial charge in [0.2, 0.25) is 6.79 Å². The van der Waals surface area contributed by atoms with E-state index in [0.717, 1.165) is 30.6 Å². The highest BCUT2D eigenvalue weighted by atomic mass is 19.1. The molecule has 1 aromatic heterocycles. The quantitative estimate of drug-likeness (QED) is 0.472. The van der Waals surface area contributed by atoms with Crippen molar-refractivity contribution in [3.63, 3.8) is 0 Å². The molecule has 2 aliphatic heterocycles. The minimum atomic E-state index is -0.522. The highest BCUT2D eigenvalue weighted by Crippen LogP contribution is 2.36. The third-order valence-corrected chi connectivity index (χ3v) is 6.33. The van der Waals surface area contributed by atoms with Gasteiger partial charge in [-0.2, -0.15) is 5.10 Å². The van der Waals surface area contributed by atoms with Gasteiger partial charge in [0.25, 0.3) is 5.91 Å². The van der Waals surface area contributed by atoms with Gasteiger partial charge in [0.15, 0.2) is 11.5 Å². The first-order chi connectivity index (χ1) is 16.7. The molecule has 3 heterocycles. The van der Waals surface area contributed by atoms with Gasteiger partial charge in [-0.15, -0.1) is 0 Å². The third-order valence-electron chi connectivity index (χ3n) is 6.33. The number of aromatic amines is 1. The summed E-state index contributed by atoms with van der Waals surface area (Å²) in [5.41, 5.74) is 2.00. The van der Waals surface area contributed by atoms with Crippen LogP contribution in [0.25, 0.3) is 0 Å². The monoisotopic (exact) mass is 466 g/mol. The van der Waals surface area contributed by atoms with Crippen molar-refractivity contribution in [2.45, 2.75) is 18.8 Å². The molecule has 2 aromatic carbocycles. The van der Waals surface area contributed by atoms with Crippen LogP contribution in [-0.4, -0.2) is 49.1 Å². The van der Waals surface area contributed by atoms with E-state index in [4.69, 9.17) is 14.2 Å². The van der Waals surface area contributed by atoms with Gasteiger partial charge in [0.1, 0.15) is 11.6 Å². The molecular weight excluding hydrogens is 439 g/mol. The zero-order valence-corrected chi connectivity index (χ0v) is 18.7. The lowest BCUT2D eigenvalue weighted by Crippen LogP contribution is -2.38. The molecule has 1 amide bonds. The second-order valence-electron chi connectivity index (χ2n) is 8.54. The summed E-state index contributed by atoms with van der Waals surface area (Å²) in [6.45, 7) is 2.74. The van der Waals surface area contributed by atoms with Gasteiger partial charge in [0.05, 0.1) is 18.4 Å². The van der Waals surface area contributed by atoms with Gasteiger partial charge >= 0.3 is 0 Å². The molecule has 0 aliphatic carbocycles. The van der Waals surface area contributed by atoms with Crippen molar-refractivity contribution in [3.05, 3.63) is 71.3 Å². The van der Waals surface area contributed by atoms with Gasteiger partial charge in [-0.3, -0.25) is 9.89 Å². The summed E-state index contributed by atoms with van der Waals surface area (Å²) >= 11 is 0. The summed E-state index contributed by atoms with van der Waals surface area (Å²) in [5.74, 6) is 1.49. The van der Waals surface area contributed by atoms with E-state index in [-0.39, 0.29) is 24.2 Å². The Morgan fingerprint density at radius 2 is 2.12 bits per heavy atom. The number of rotatable bonds is 8. The maximum atomic E-state index is 14.5. The Morgan fingerprint density at radius 1 is 1.21 bits per heavy atom. The average Bonchev–Trinajstić information content (AvgIpc) is 3.55. The maximum Gasteiger partial charge on any atom is 0.254 e. The normalized spacial score (nSPS) is 19.1. The lowest BCUT2D eigenvalue weighted by Gasteiger charge is -2.32. The van der Waals surface area contributed by atoms with Gasteiger partial charge in [-0.25, -0.2) is 4.39 Å². The fourth-order valence-electron chi connectivity index (χ4n) is 4.48. The molecule has 3 N–H and O–H groups in total. The van der Waals surface area contributed by atoms with Crippen LogP contribution in [0.3, 0.4) is 0 Å². The number of carbonyl (C=O) groups excluding carboxylic acids is 1. The smallest absolute Gasteiger partial charge is 0.254 e. The van der Waals surface area contributed by atoms with Crippen molar-refractivity contribution in [3.8, 4) is 17.2 Å². The number of piperidine rings is 1. The number of carbonyl (C=O) groups is 1. The van der Waals surface area contributed by atoms with E-state index in [1.165, 1.54) is 6.07 Å². The summed E-state index contributed by atoms with van der Waals surface area (Å²) in [7, 11) is 0. The predicted molar refractivity (Wildman–Crippen MR) is 123 cm³/mol. The molecule has 0 spiro atoms. The molecule has 178 valence electrons. The number of halogens is 1. The fraction of sp³-hybridized carbons (Fsp3) is 0.360. The predicted octanol–water partition coefficient (Wildman–Crippen LogP) is 3.02. The highest BCUT2D eigenvalue weighted by Gasteiger charge is 2.28. The lowest BCUT2D eigenvalue weighted by atomic mass is 9.81. The number of fused-ring (bicyclic) bond motifs is 1. The SMILES string of the molecule is O=C(NCCc1cn[nH]c1)c1cc([C@@H]2CCNC[C@H]2COc2ccc3c(c2)OCO3)ccc1F. The molecule has 1 saturated heterocycles. The third kappa shape index (κ3) is 4.99. The second-order valence-corrected chi connectivity index (χ2v) is 8.54. The van der Waals surface area contributed by atoms with Crippen LogP contribution >= 0.6 is 0 Å². The van der Waals surface area contributed by atoms with Gasteiger partial charge < -0.3 is 24.8 Å². The highest BCUT2D eigenvalue weighted by molar-refractivity contribution is 5.94. The summed E-state index contributed by atoms with van der Waals surface area (Å²) < 4.78 is 31.4. The van der Waals surface area contributed by atoms with Crippen LogP contribution in [-0.2, 0) is 6.42 Å². The van der Waals surface area contributed by atoms with Gasteiger partial charge in [-0.05, 0) is 60.7 Å². The Bertz CT molecular complexity index is 1140. The van der Waals surface area contributed by atoms with Crippen LogP contribution < -0.4 is 24.8 Å². The van der Waals surface area contributed by atoms with Crippen LogP contribution in [0, 0.1) is 11.7 Å². The van der Waals surface area contributed by atoms with Crippen molar-refractivity contribution in [1.29, 1.82) is 0 Å². The largest absolute Gasteiger partial charge is 0.493 e. The number of benzene rings is 2. The number of H-pyrrole nitrogens is 1. The number of aromatic nitrogens is 2. The summed E-state index contributed by atoms with van der Waals surface area (Å²) in [6.07, 6.45) is 4.98. The zero-order valence-electron chi connectivity index (χ0n) is 18.7. The number of hydrogen-bond donors (Lipinski definition) is 3. The number of nitrogens with zero attached hydrogens (tertiary/aromatic N) is 1. The van der Waals surface area contributed by atoms with Crippen molar-refractivity contribution in [2.24, 2.45) is 5.92 Å². The van der Waals surface area contributed by atoms with Crippen molar-refractivity contribution >= 4 is 5.91 Å².